The smallest absolute Gasteiger partial charge is 0.136 e. The second kappa shape index (κ2) is 6.85. The molecule has 0 saturated heterocycles. The zero-order valence-electron chi connectivity index (χ0n) is 12.2. The van der Waals surface area contributed by atoms with Gasteiger partial charge in [0.25, 0.3) is 0 Å². The molecule has 0 fully saturated rings. The first-order chi connectivity index (χ1) is 8.52. The Morgan fingerprint density at radius 3 is 1.33 bits per heavy atom. The van der Waals surface area contributed by atoms with Crippen molar-refractivity contribution in [3.8, 4) is 0 Å². The van der Waals surface area contributed by atoms with Crippen LogP contribution in [0.15, 0.2) is 24.3 Å². The van der Waals surface area contributed by atoms with Crippen LogP contribution in [-0.4, -0.2) is 52.2 Å². The van der Waals surface area contributed by atoms with Gasteiger partial charge in [0.15, 0.2) is 0 Å². The lowest BCUT2D eigenvalue weighted by Crippen LogP contribution is -2.27. The average molecular weight is 252 g/mol. The highest BCUT2D eigenvalue weighted by Crippen LogP contribution is 2.29. The Morgan fingerprint density at radius 1 is 0.778 bits per heavy atom. The van der Waals surface area contributed by atoms with Gasteiger partial charge in [-0.05, 0) is 28.2 Å². The van der Waals surface area contributed by atoms with Gasteiger partial charge in [0.1, 0.15) is 12.5 Å². The van der Waals surface area contributed by atoms with Crippen LogP contribution in [0, 0.1) is 0 Å². The Balaban J connectivity index is 3.20. The summed E-state index contributed by atoms with van der Waals surface area (Å²) in [5.41, 5.74) is 2.26. The highest BCUT2D eigenvalue weighted by atomic mass is 16.5. The molecule has 0 aromatic heterocycles. The summed E-state index contributed by atoms with van der Waals surface area (Å²) in [6.07, 6.45) is -0.141. The Morgan fingerprint density at radius 2 is 1.11 bits per heavy atom. The first-order valence-electron chi connectivity index (χ1n) is 6.00. The number of hydrogen-bond acceptors (Lipinski definition) is 4. The summed E-state index contributed by atoms with van der Waals surface area (Å²) in [6, 6.07) is 8.21. The maximum Gasteiger partial charge on any atom is 0.136 e. The molecule has 102 valence electrons. The molecule has 1 rings (SSSR count). The Bertz CT molecular complexity index is 332. The van der Waals surface area contributed by atoms with E-state index in [0.29, 0.717) is 0 Å². The fraction of sp³-hybridized carbons (Fsp3) is 0.571. The number of benzene rings is 1. The number of ether oxygens (including phenoxy) is 2. The van der Waals surface area contributed by atoms with Gasteiger partial charge < -0.3 is 9.47 Å². The summed E-state index contributed by atoms with van der Waals surface area (Å²) in [4.78, 5) is 4.09. The molecule has 0 spiro atoms. The van der Waals surface area contributed by atoms with Gasteiger partial charge in [-0.25, -0.2) is 0 Å². The molecule has 0 bridgehead atoms. The SMILES string of the molecule is COC(c1ccccc1C(OC)N(C)C)N(C)C. The van der Waals surface area contributed by atoms with Crippen LogP contribution in [0.1, 0.15) is 23.6 Å². The zero-order valence-corrected chi connectivity index (χ0v) is 12.2. The molecule has 0 radical (unpaired) electrons. The molecule has 2 atom stereocenters. The van der Waals surface area contributed by atoms with Gasteiger partial charge in [-0.2, -0.15) is 0 Å². The summed E-state index contributed by atoms with van der Waals surface area (Å²) in [6.45, 7) is 0. The molecule has 0 heterocycles. The van der Waals surface area contributed by atoms with Gasteiger partial charge in [0.2, 0.25) is 0 Å². The maximum atomic E-state index is 5.56. The van der Waals surface area contributed by atoms with Crippen molar-refractivity contribution in [2.75, 3.05) is 42.4 Å². The van der Waals surface area contributed by atoms with Crippen LogP contribution in [0.2, 0.25) is 0 Å². The number of rotatable bonds is 6. The molecule has 0 aliphatic carbocycles. The van der Waals surface area contributed by atoms with Crippen LogP contribution in [0.4, 0.5) is 0 Å². The van der Waals surface area contributed by atoms with E-state index in [-0.39, 0.29) is 12.5 Å². The highest BCUT2D eigenvalue weighted by Gasteiger charge is 2.22. The van der Waals surface area contributed by atoms with E-state index >= 15 is 0 Å². The topological polar surface area (TPSA) is 24.9 Å². The van der Waals surface area contributed by atoms with E-state index in [1.54, 1.807) is 14.2 Å². The van der Waals surface area contributed by atoms with Gasteiger partial charge >= 0.3 is 0 Å². The van der Waals surface area contributed by atoms with E-state index in [0.717, 1.165) is 11.1 Å². The Kier molecular flexibility index (Phi) is 5.75. The number of nitrogens with zero attached hydrogens (tertiary/aromatic N) is 2. The summed E-state index contributed by atoms with van der Waals surface area (Å²) in [5, 5.41) is 0. The van der Waals surface area contributed by atoms with Crippen LogP contribution in [0.3, 0.4) is 0 Å². The molecule has 4 heteroatoms. The Labute approximate surface area is 110 Å². The van der Waals surface area contributed by atoms with Gasteiger partial charge in [-0.15, -0.1) is 0 Å². The lowest BCUT2D eigenvalue weighted by atomic mass is 10.0. The molecule has 0 amide bonds. The second-order valence-corrected chi connectivity index (χ2v) is 4.73. The van der Waals surface area contributed by atoms with E-state index < -0.39 is 0 Å². The van der Waals surface area contributed by atoms with Crippen LogP contribution >= 0.6 is 0 Å². The van der Waals surface area contributed by atoms with E-state index in [4.69, 9.17) is 9.47 Å². The predicted molar refractivity (Wildman–Crippen MR) is 73.3 cm³/mol. The van der Waals surface area contributed by atoms with Crippen LogP contribution in [0.25, 0.3) is 0 Å². The van der Waals surface area contributed by atoms with Gasteiger partial charge in [0, 0.05) is 25.3 Å². The van der Waals surface area contributed by atoms with Crippen molar-refractivity contribution < 1.29 is 9.47 Å². The van der Waals surface area contributed by atoms with Crippen LogP contribution in [-0.2, 0) is 9.47 Å². The summed E-state index contributed by atoms with van der Waals surface area (Å²) >= 11 is 0. The highest BCUT2D eigenvalue weighted by molar-refractivity contribution is 5.30. The van der Waals surface area contributed by atoms with Crippen molar-refractivity contribution in [1.82, 2.24) is 9.80 Å². The largest absolute Gasteiger partial charge is 0.362 e. The predicted octanol–water partition coefficient (Wildman–Crippen LogP) is 2.10. The third-order valence-electron chi connectivity index (χ3n) is 2.91. The van der Waals surface area contributed by atoms with Gasteiger partial charge in [-0.1, -0.05) is 24.3 Å². The van der Waals surface area contributed by atoms with E-state index in [9.17, 15) is 0 Å². The zero-order chi connectivity index (χ0) is 13.7. The number of methoxy groups -OCH3 is 2. The molecule has 0 aliphatic heterocycles. The minimum Gasteiger partial charge on any atom is -0.362 e. The third-order valence-corrected chi connectivity index (χ3v) is 2.91. The van der Waals surface area contributed by atoms with E-state index in [2.05, 4.69) is 12.1 Å². The summed E-state index contributed by atoms with van der Waals surface area (Å²) < 4.78 is 11.1. The molecule has 0 saturated carbocycles. The monoisotopic (exact) mass is 252 g/mol. The van der Waals surface area contributed by atoms with Gasteiger partial charge in [0.05, 0.1) is 0 Å². The average Bonchev–Trinajstić information content (AvgIpc) is 2.32. The minimum absolute atomic E-state index is 0.0706. The molecule has 0 aliphatic rings. The second-order valence-electron chi connectivity index (χ2n) is 4.73. The number of hydrogen-bond donors (Lipinski definition) is 0. The fourth-order valence-corrected chi connectivity index (χ4v) is 2.19. The van der Waals surface area contributed by atoms with Crippen molar-refractivity contribution >= 4 is 0 Å². The van der Waals surface area contributed by atoms with Crippen LogP contribution in [0.5, 0.6) is 0 Å². The molecule has 4 nitrogen and oxygen atoms in total. The standard InChI is InChI=1S/C14H24N2O2/c1-15(2)13(17-5)11-9-7-8-10-12(11)14(18-6)16(3)4/h7-10,13-14H,1-6H3. The van der Waals surface area contributed by atoms with E-state index in [1.807, 2.05) is 50.1 Å². The lowest BCUT2D eigenvalue weighted by Gasteiger charge is -2.30. The van der Waals surface area contributed by atoms with Crippen molar-refractivity contribution in [2.24, 2.45) is 0 Å². The summed E-state index contributed by atoms with van der Waals surface area (Å²) in [5.74, 6) is 0. The van der Waals surface area contributed by atoms with E-state index in [1.165, 1.54) is 0 Å². The minimum atomic E-state index is -0.0706. The van der Waals surface area contributed by atoms with Crippen molar-refractivity contribution in [1.29, 1.82) is 0 Å². The molecule has 2 unspecified atom stereocenters. The fourth-order valence-electron chi connectivity index (χ4n) is 2.19. The van der Waals surface area contributed by atoms with Crippen molar-refractivity contribution in [2.45, 2.75) is 12.5 Å². The molecule has 1 aromatic rings. The molecular weight excluding hydrogens is 228 g/mol. The Hall–Kier alpha value is -0.940. The molecule has 18 heavy (non-hydrogen) atoms. The normalized spacial score (nSPS) is 15.1. The molecule has 0 N–H and O–H groups in total. The van der Waals surface area contributed by atoms with Gasteiger partial charge in [-0.3, -0.25) is 9.80 Å². The quantitative estimate of drug-likeness (QED) is 0.724. The maximum absolute atomic E-state index is 5.56. The van der Waals surface area contributed by atoms with Crippen LogP contribution < -0.4 is 0 Å². The first-order valence-corrected chi connectivity index (χ1v) is 6.00. The lowest BCUT2D eigenvalue weighted by molar-refractivity contribution is -0.0241. The third kappa shape index (κ3) is 3.29. The molecule has 1 aromatic carbocycles. The summed E-state index contributed by atoms with van der Waals surface area (Å²) in [7, 11) is 11.5. The molecular formula is C14H24N2O2. The van der Waals surface area contributed by atoms with Crippen molar-refractivity contribution in [3.05, 3.63) is 35.4 Å². The first kappa shape index (κ1) is 15.1. The van der Waals surface area contributed by atoms with Crippen molar-refractivity contribution in [3.63, 3.8) is 0 Å².